The molecule has 1 N–H and O–H groups in total. The van der Waals surface area contributed by atoms with Crippen LogP contribution in [-0.2, 0) is 24.4 Å². The first-order valence-electron chi connectivity index (χ1n) is 10.7. The third-order valence-electron chi connectivity index (χ3n) is 5.11. The summed E-state index contributed by atoms with van der Waals surface area (Å²) in [7, 11) is -9.07. The molecular formula is C22H32O6S2. The van der Waals surface area contributed by atoms with E-state index in [0.717, 1.165) is 25.3 Å². The van der Waals surface area contributed by atoms with Gasteiger partial charge in [0.25, 0.3) is 20.2 Å². The molecule has 30 heavy (non-hydrogen) atoms. The first-order chi connectivity index (χ1) is 14.3. The average molecular weight is 457 g/mol. The van der Waals surface area contributed by atoms with Crippen molar-refractivity contribution in [3.63, 3.8) is 0 Å². The highest BCUT2D eigenvalue weighted by atomic mass is 32.2. The highest BCUT2D eigenvalue weighted by Crippen LogP contribution is 2.31. The summed E-state index contributed by atoms with van der Waals surface area (Å²) in [5.41, 5.74) is 0. The van der Waals surface area contributed by atoms with Crippen LogP contribution >= 0.6 is 0 Å². The fourth-order valence-corrected chi connectivity index (χ4v) is 5.93. The summed E-state index contributed by atoms with van der Waals surface area (Å²) in [6, 6.07) is 9.05. The van der Waals surface area contributed by atoms with E-state index in [1.54, 1.807) is 18.2 Å². The molecule has 0 atom stereocenters. The normalized spacial score (nSPS) is 12.5. The van der Waals surface area contributed by atoms with E-state index in [-0.39, 0.29) is 12.0 Å². The lowest BCUT2D eigenvalue weighted by Gasteiger charge is -2.12. The van der Waals surface area contributed by atoms with E-state index >= 15 is 0 Å². The van der Waals surface area contributed by atoms with Crippen LogP contribution < -0.4 is 0 Å². The van der Waals surface area contributed by atoms with Gasteiger partial charge in [-0.3, -0.25) is 8.74 Å². The minimum Gasteiger partial charge on any atom is -0.282 e. The van der Waals surface area contributed by atoms with E-state index < -0.39 is 30.0 Å². The van der Waals surface area contributed by atoms with Crippen LogP contribution in [0.3, 0.4) is 0 Å². The standard InChI is InChI=1S/C22H32O6S2/c1-2-3-4-5-6-7-8-9-10-13-18-28-30(26,27)22-20-15-12-11-14-19(20)16-17-21(22)29(23,24)25/h11-12,14-17H,2-10,13,18H2,1H3,(H,23,24,25). The van der Waals surface area contributed by atoms with Gasteiger partial charge in [-0.25, -0.2) is 0 Å². The lowest BCUT2D eigenvalue weighted by atomic mass is 10.1. The molecule has 0 spiro atoms. The van der Waals surface area contributed by atoms with Gasteiger partial charge in [0.2, 0.25) is 0 Å². The van der Waals surface area contributed by atoms with Crippen LogP contribution in [0.1, 0.15) is 71.1 Å². The van der Waals surface area contributed by atoms with Crippen molar-refractivity contribution in [2.24, 2.45) is 0 Å². The Labute approximate surface area is 180 Å². The molecule has 0 aromatic heterocycles. The quantitative estimate of drug-likeness (QED) is 0.222. The Morgan fingerprint density at radius 1 is 0.767 bits per heavy atom. The molecule has 0 radical (unpaired) electrons. The van der Waals surface area contributed by atoms with Gasteiger partial charge in [-0.1, -0.05) is 95.0 Å². The molecule has 0 aliphatic heterocycles. The third kappa shape index (κ3) is 7.34. The zero-order chi connectivity index (χ0) is 22.0. The molecule has 0 unspecified atom stereocenters. The monoisotopic (exact) mass is 456 g/mol. The summed E-state index contributed by atoms with van der Waals surface area (Å²) in [6.07, 6.45) is 11.1. The van der Waals surface area contributed by atoms with Crippen LogP contribution in [0.5, 0.6) is 0 Å². The summed E-state index contributed by atoms with van der Waals surface area (Å²) >= 11 is 0. The van der Waals surface area contributed by atoms with Gasteiger partial charge >= 0.3 is 0 Å². The number of hydrogen-bond acceptors (Lipinski definition) is 5. The number of fused-ring (bicyclic) bond motifs is 1. The molecule has 0 aliphatic carbocycles. The lowest BCUT2D eigenvalue weighted by molar-refractivity contribution is 0.305. The summed E-state index contributed by atoms with van der Waals surface area (Å²) in [5, 5.41) is 0.752. The maximum absolute atomic E-state index is 12.8. The zero-order valence-corrected chi connectivity index (χ0v) is 19.2. The van der Waals surface area contributed by atoms with Crippen LogP contribution in [0.15, 0.2) is 46.2 Å². The molecule has 2 rings (SSSR count). The van der Waals surface area contributed by atoms with Crippen molar-refractivity contribution < 1.29 is 25.6 Å². The van der Waals surface area contributed by atoms with Crippen molar-refractivity contribution in [2.75, 3.05) is 6.61 Å². The molecule has 0 amide bonds. The molecule has 8 heteroatoms. The fraction of sp³-hybridized carbons (Fsp3) is 0.545. The molecule has 0 bridgehead atoms. The molecule has 0 heterocycles. The Kier molecular flexibility index (Phi) is 9.74. The average Bonchev–Trinajstić information content (AvgIpc) is 2.70. The maximum Gasteiger partial charge on any atom is 0.299 e. The summed E-state index contributed by atoms with van der Waals surface area (Å²) in [5.74, 6) is 0. The Morgan fingerprint density at radius 2 is 1.33 bits per heavy atom. The minimum absolute atomic E-state index is 0.0209. The summed E-state index contributed by atoms with van der Waals surface area (Å²) in [6.45, 7) is 2.18. The van der Waals surface area contributed by atoms with Gasteiger partial charge in [-0.2, -0.15) is 16.8 Å². The van der Waals surface area contributed by atoms with Crippen molar-refractivity contribution in [3.05, 3.63) is 36.4 Å². The molecule has 2 aromatic rings. The van der Waals surface area contributed by atoms with Crippen LogP contribution in [-0.4, -0.2) is 28.0 Å². The topological polar surface area (TPSA) is 97.7 Å². The van der Waals surface area contributed by atoms with Crippen LogP contribution in [0.2, 0.25) is 0 Å². The van der Waals surface area contributed by atoms with Gasteiger partial charge in [0.05, 0.1) is 6.61 Å². The smallest absolute Gasteiger partial charge is 0.282 e. The van der Waals surface area contributed by atoms with Crippen molar-refractivity contribution in [3.8, 4) is 0 Å². The van der Waals surface area contributed by atoms with E-state index in [1.165, 1.54) is 50.7 Å². The van der Waals surface area contributed by atoms with Crippen LogP contribution in [0, 0.1) is 0 Å². The van der Waals surface area contributed by atoms with Crippen LogP contribution in [0.4, 0.5) is 0 Å². The highest BCUT2D eigenvalue weighted by Gasteiger charge is 2.28. The van der Waals surface area contributed by atoms with Crippen molar-refractivity contribution in [1.82, 2.24) is 0 Å². The van der Waals surface area contributed by atoms with Gasteiger partial charge in [-0.15, -0.1) is 0 Å². The van der Waals surface area contributed by atoms with E-state index in [0.29, 0.717) is 11.8 Å². The number of unbranched alkanes of at least 4 members (excludes halogenated alkanes) is 9. The Balaban J connectivity index is 1.93. The predicted octanol–water partition coefficient (Wildman–Crippen LogP) is 5.71. The van der Waals surface area contributed by atoms with E-state index in [9.17, 15) is 21.4 Å². The molecule has 6 nitrogen and oxygen atoms in total. The second kappa shape index (κ2) is 11.8. The van der Waals surface area contributed by atoms with Gasteiger partial charge < -0.3 is 0 Å². The van der Waals surface area contributed by atoms with Crippen molar-refractivity contribution in [1.29, 1.82) is 0 Å². The number of hydrogen-bond donors (Lipinski definition) is 1. The largest absolute Gasteiger partial charge is 0.299 e. The molecule has 0 aliphatic rings. The number of rotatable bonds is 14. The number of benzene rings is 2. The third-order valence-corrected chi connectivity index (χ3v) is 7.55. The Bertz CT molecular complexity index is 1010. The zero-order valence-electron chi connectivity index (χ0n) is 17.5. The molecule has 0 saturated heterocycles. The highest BCUT2D eigenvalue weighted by molar-refractivity contribution is 7.89. The molecule has 0 saturated carbocycles. The predicted molar refractivity (Wildman–Crippen MR) is 119 cm³/mol. The summed E-state index contributed by atoms with van der Waals surface area (Å²) in [4.78, 5) is -1.17. The molecule has 0 fully saturated rings. The second-order valence-electron chi connectivity index (χ2n) is 7.55. The SMILES string of the molecule is CCCCCCCCCCCCOS(=O)(=O)c1c(S(=O)(=O)O)ccc2ccccc12. The van der Waals surface area contributed by atoms with Gasteiger partial charge in [0, 0.05) is 5.39 Å². The minimum atomic E-state index is -4.72. The van der Waals surface area contributed by atoms with Gasteiger partial charge in [0.1, 0.15) is 9.79 Å². The van der Waals surface area contributed by atoms with Crippen LogP contribution in [0.25, 0.3) is 10.8 Å². The van der Waals surface area contributed by atoms with E-state index in [2.05, 4.69) is 6.92 Å². The molecule has 2 aromatic carbocycles. The fourth-order valence-electron chi connectivity index (χ4n) is 3.50. The maximum atomic E-state index is 12.8. The van der Waals surface area contributed by atoms with Gasteiger partial charge in [-0.05, 0) is 17.9 Å². The van der Waals surface area contributed by atoms with Gasteiger partial charge in [0.15, 0.2) is 0 Å². The molecule has 168 valence electrons. The Morgan fingerprint density at radius 3 is 1.93 bits per heavy atom. The molecular weight excluding hydrogens is 424 g/mol. The van der Waals surface area contributed by atoms with Crippen molar-refractivity contribution >= 4 is 31.0 Å². The Hall–Kier alpha value is -1.48. The van der Waals surface area contributed by atoms with Crippen molar-refractivity contribution in [2.45, 2.75) is 80.9 Å². The lowest BCUT2D eigenvalue weighted by Crippen LogP contribution is -2.13. The second-order valence-corrected chi connectivity index (χ2v) is 10.5. The van der Waals surface area contributed by atoms with E-state index in [1.807, 2.05) is 0 Å². The summed E-state index contributed by atoms with van der Waals surface area (Å²) < 4.78 is 63.7. The van der Waals surface area contributed by atoms with E-state index in [4.69, 9.17) is 4.18 Å². The first kappa shape index (κ1) is 24.8. The first-order valence-corrected chi connectivity index (χ1v) is 13.5.